The summed E-state index contributed by atoms with van der Waals surface area (Å²) in [7, 11) is 1.70. The number of hydrogen-bond donors (Lipinski definition) is 0. The number of ketones is 1. The van der Waals surface area contributed by atoms with Gasteiger partial charge in [0, 0.05) is 18.5 Å². The molecule has 0 bridgehead atoms. The molecule has 28 heavy (non-hydrogen) atoms. The van der Waals surface area contributed by atoms with Crippen molar-refractivity contribution in [2.75, 3.05) is 7.11 Å². The summed E-state index contributed by atoms with van der Waals surface area (Å²) in [5, 5.41) is 0. The lowest BCUT2D eigenvalue weighted by Gasteiger charge is -2.59. The van der Waals surface area contributed by atoms with Gasteiger partial charge in [-0.2, -0.15) is 0 Å². The van der Waals surface area contributed by atoms with E-state index in [0.29, 0.717) is 23.5 Å². The molecule has 4 aliphatic carbocycles. The van der Waals surface area contributed by atoms with Gasteiger partial charge in [-0.25, -0.2) is 0 Å². The van der Waals surface area contributed by atoms with Crippen molar-refractivity contribution in [3.63, 3.8) is 0 Å². The van der Waals surface area contributed by atoms with Crippen LogP contribution in [0.2, 0.25) is 0 Å². The van der Waals surface area contributed by atoms with Gasteiger partial charge < -0.3 is 4.74 Å². The molecular formula is C25H33NO2. The van der Waals surface area contributed by atoms with Crippen LogP contribution >= 0.6 is 0 Å². The fraction of sp³-hybridized carbons (Fsp3) is 0.680. The number of pyridine rings is 1. The van der Waals surface area contributed by atoms with Gasteiger partial charge in [-0.1, -0.05) is 32.8 Å². The summed E-state index contributed by atoms with van der Waals surface area (Å²) in [6.07, 6.45) is 15.6. The Kier molecular flexibility index (Phi) is 4.23. The van der Waals surface area contributed by atoms with Crippen LogP contribution < -0.4 is 4.74 Å². The van der Waals surface area contributed by atoms with Crippen LogP contribution in [0.1, 0.15) is 70.8 Å². The average molecular weight is 380 g/mol. The van der Waals surface area contributed by atoms with Gasteiger partial charge in [0.25, 0.3) is 0 Å². The van der Waals surface area contributed by atoms with Gasteiger partial charge in [0.15, 0.2) is 0 Å². The number of aromatic nitrogens is 1. The van der Waals surface area contributed by atoms with E-state index in [1.165, 1.54) is 43.2 Å². The molecule has 0 amide bonds. The molecule has 150 valence electrons. The lowest BCUT2D eigenvalue weighted by Crippen LogP contribution is -2.55. The highest BCUT2D eigenvalue weighted by Crippen LogP contribution is 2.66. The Labute approximate surface area is 169 Å². The second-order valence-corrected chi connectivity index (χ2v) is 10.3. The number of methoxy groups -OCH3 is 1. The summed E-state index contributed by atoms with van der Waals surface area (Å²) in [5.74, 6) is 3.61. The Morgan fingerprint density at radius 3 is 2.79 bits per heavy atom. The van der Waals surface area contributed by atoms with E-state index in [4.69, 9.17) is 4.74 Å². The van der Waals surface area contributed by atoms with Crippen molar-refractivity contribution in [1.29, 1.82) is 0 Å². The van der Waals surface area contributed by atoms with Gasteiger partial charge >= 0.3 is 0 Å². The second-order valence-electron chi connectivity index (χ2n) is 10.3. The molecule has 3 nitrogen and oxygen atoms in total. The Balaban J connectivity index is 1.48. The maximum atomic E-state index is 13.2. The van der Waals surface area contributed by atoms with Gasteiger partial charge in [-0.05, 0) is 77.9 Å². The van der Waals surface area contributed by atoms with Crippen molar-refractivity contribution in [3.8, 4) is 5.75 Å². The second kappa shape index (κ2) is 6.43. The Hall–Kier alpha value is -1.64. The van der Waals surface area contributed by atoms with Crippen LogP contribution in [0.15, 0.2) is 24.5 Å². The van der Waals surface area contributed by atoms with E-state index in [1.807, 2.05) is 6.20 Å². The zero-order chi connectivity index (χ0) is 19.5. The first-order valence-electron chi connectivity index (χ1n) is 11.2. The van der Waals surface area contributed by atoms with Crippen LogP contribution in [-0.4, -0.2) is 17.9 Å². The number of carbonyl (C=O) groups is 1. The zero-order valence-corrected chi connectivity index (χ0v) is 17.5. The summed E-state index contributed by atoms with van der Waals surface area (Å²) < 4.78 is 5.42. The van der Waals surface area contributed by atoms with Crippen LogP contribution in [0, 0.1) is 34.5 Å². The monoisotopic (exact) mass is 379 g/mol. The van der Waals surface area contributed by atoms with Gasteiger partial charge in [0.1, 0.15) is 11.5 Å². The third-order valence-corrected chi connectivity index (χ3v) is 9.20. The Morgan fingerprint density at radius 2 is 1.96 bits per heavy atom. The third-order valence-electron chi connectivity index (χ3n) is 9.20. The summed E-state index contributed by atoms with van der Waals surface area (Å²) in [6.45, 7) is 4.91. The SMILES string of the molecule is COc1cncc(C2=CC[C@H]3[C@@H]4CC(=O)C5CCCC[C@]5(C)C4CC[C@]23C)c1. The molecule has 2 unspecified atom stereocenters. The molecule has 4 aliphatic rings. The van der Waals surface area contributed by atoms with Crippen molar-refractivity contribution < 1.29 is 9.53 Å². The van der Waals surface area contributed by atoms with Crippen LogP contribution in [-0.2, 0) is 4.79 Å². The molecule has 1 aromatic heterocycles. The molecule has 6 atom stereocenters. The largest absolute Gasteiger partial charge is 0.495 e. The minimum Gasteiger partial charge on any atom is -0.495 e. The van der Waals surface area contributed by atoms with Gasteiger partial charge in [-0.15, -0.1) is 0 Å². The molecule has 1 heterocycles. The van der Waals surface area contributed by atoms with Crippen LogP contribution in [0.4, 0.5) is 0 Å². The molecule has 3 fully saturated rings. The topological polar surface area (TPSA) is 39.2 Å². The predicted molar refractivity (Wildman–Crippen MR) is 111 cm³/mol. The molecule has 3 saturated carbocycles. The smallest absolute Gasteiger partial charge is 0.137 e. The summed E-state index contributed by atoms with van der Waals surface area (Å²) in [6, 6.07) is 2.13. The molecule has 0 spiro atoms. The fourth-order valence-electron chi connectivity index (χ4n) is 7.79. The zero-order valence-electron chi connectivity index (χ0n) is 17.5. The molecule has 0 aromatic carbocycles. The first kappa shape index (κ1) is 18.4. The minimum atomic E-state index is 0.160. The number of rotatable bonds is 2. The summed E-state index contributed by atoms with van der Waals surface area (Å²) in [5.41, 5.74) is 3.05. The van der Waals surface area contributed by atoms with Crippen molar-refractivity contribution >= 4 is 11.4 Å². The average Bonchev–Trinajstić information content (AvgIpc) is 3.05. The normalized spacial score (nSPS) is 42.2. The number of carbonyl (C=O) groups excluding carboxylic acids is 1. The molecule has 5 rings (SSSR count). The lowest BCUT2D eigenvalue weighted by molar-refractivity contribution is -0.150. The number of fused-ring (bicyclic) bond motifs is 5. The number of ether oxygens (including phenoxy) is 1. The maximum Gasteiger partial charge on any atom is 0.137 e. The molecule has 0 aliphatic heterocycles. The Bertz CT molecular complexity index is 830. The first-order valence-corrected chi connectivity index (χ1v) is 11.2. The van der Waals surface area contributed by atoms with Crippen molar-refractivity contribution in [2.24, 2.45) is 34.5 Å². The molecule has 0 N–H and O–H groups in total. The van der Waals surface area contributed by atoms with Gasteiger partial charge in [-0.3, -0.25) is 9.78 Å². The van der Waals surface area contributed by atoms with E-state index in [-0.39, 0.29) is 10.8 Å². The molecule has 1 aromatic rings. The lowest BCUT2D eigenvalue weighted by atomic mass is 9.44. The minimum absolute atomic E-state index is 0.160. The highest BCUT2D eigenvalue weighted by molar-refractivity contribution is 5.84. The van der Waals surface area contributed by atoms with E-state index in [9.17, 15) is 4.79 Å². The molecule has 3 heteroatoms. The molecular weight excluding hydrogens is 346 g/mol. The van der Waals surface area contributed by atoms with E-state index in [2.05, 4.69) is 31.0 Å². The van der Waals surface area contributed by atoms with E-state index >= 15 is 0 Å². The standard InChI is InChI=1S/C25H33NO2/c1-24-10-5-4-6-22(24)23(27)13-18-20-8-7-19(25(20,2)11-9-21(18)24)16-12-17(28-3)15-26-14-16/h7,12,14-15,18,20-22H,4-6,8-11,13H2,1-3H3/t18-,20-,21?,22?,24+,25+/m0/s1. The number of Topliss-reactive ketones (excluding diaryl/α,β-unsaturated/α-hetero) is 1. The first-order chi connectivity index (χ1) is 13.5. The van der Waals surface area contributed by atoms with Crippen molar-refractivity contribution in [3.05, 3.63) is 30.1 Å². The third kappa shape index (κ3) is 2.47. The summed E-state index contributed by atoms with van der Waals surface area (Å²) in [4.78, 5) is 17.6. The van der Waals surface area contributed by atoms with Crippen molar-refractivity contribution in [2.45, 2.75) is 65.2 Å². The van der Waals surface area contributed by atoms with Crippen LogP contribution in [0.3, 0.4) is 0 Å². The number of allylic oxidation sites excluding steroid dienone is 2. The summed E-state index contributed by atoms with van der Waals surface area (Å²) >= 11 is 0. The molecule has 0 saturated heterocycles. The Morgan fingerprint density at radius 1 is 1.11 bits per heavy atom. The van der Waals surface area contributed by atoms with E-state index in [0.717, 1.165) is 30.9 Å². The fourth-order valence-corrected chi connectivity index (χ4v) is 7.79. The highest BCUT2D eigenvalue weighted by atomic mass is 16.5. The van der Waals surface area contributed by atoms with E-state index < -0.39 is 0 Å². The maximum absolute atomic E-state index is 13.2. The van der Waals surface area contributed by atoms with E-state index in [1.54, 1.807) is 13.3 Å². The van der Waals surface area contributed by atoms with Gasteiger partial charge in [0.05, 0.1) is 13.3 Å². The van der Waals surface area contributed by atoms with Crippen molar-refractivity contribution in [1.82, 2.24) is 4.98 Å². The number of nitrogens with zero attached hydrogens (tertiary/aromatic N) is 1. The van der Waals surface area contributed by atoms with Gasteiger partial charge in [0.2, 0.25) is 0 Å². The predicted octanol–water partition coefficient (Wildman–Crippen LogP) is 5.70. The molecule has 0 radical (unpaired) electrons. The number of hydrogen-bond acceptors (Lipinski definition) is 3. The highest BCUT2D eigenvalue weighted by Gasteiger charge is 2.60. The van der Waals surface area contributed by atoms with Crippen LogP contribution in [0.25, 0.3) is 5.57 Å². The quantitative estimate of drug-likeness (QED) is 0.662. The van der Waals surface area contributed by atoms with Crippen LogP contribution in [0.5, 0.6) is 5.75 Å².